The highest BCUT2D eigenvalue weighted by atomic mass is 14.9. The van der Waals surface area contributed by atoms with E-state index in [9.17, 15) is 0 Å². The first-order valence-electron chi connectivity index (χ1n) is 9.76. The number of nitrogens with one attached hydrogen (secondary N) is 1. The average molecular weight is 366 g/mol. The summed E-state index contributed by atoms with van der Waals surface area (Å²) in [5.41, 5.74) is 8.13. The Balaban J connectivity index is 1.90. The van der Waals surface area contributed by atoms with Gasteiger partial charge in [0, 0.05) is 16.9 Å². The lowest BCUT2D eigenvalue weighted by atomic mass is 9.97. The molecule has 0 aliphatic heterocycles. The zero-order valence-electron chi connectivity index (χ0n) is 16.7. The molecule has 140 valence electrons. The number of hydrogen-bond acceptors (Lipinski definition) is 1. The van der Waals surface area contributed by atoms with E-state index in [0.717, 1.165) is 28.9 Å². The normalized spacial score (nSPS) is 11.2. The predicted octanol–water partition coefficient (Wildman–Crippen LogP) is 7.81. The summed E-state index contributed by atoms with van der Waals surface area (Å²) in [5, 5.41) is 3.58. The maximum Gasteiger partial charge on any atom is 0.0463 e. The molecule has 3 aromatic carbocycles. The van der Waals surface area contributed by atoms with Crippen molar-refractivity contribution in [2.45, 2.75) is 20.3 Å². The lowest BCUT2D eigenvalue weighted by Crippen LogP contribution is -1.97. The Morgan fingerprint density at radius 1 is 0.929 bits per heavy atom. The van der Waals surface area contributed by atoms with Gasteiger partial charge in [-0.1, -0.05) is 92.4 Å². The van der Waals surface area contributed by atoms with Crippen molar-refractivity contribution in [3.8, 4) is 11.1 Å². The molecule has 1 nitrogen and oxygen atoms in total. The van der Waals surface area contributed by atoms with E-state index in [2.05, 4.69) is 79.5 Å². The monoisotopic (exact) mass is 365 g/mol. The number of para-hydroxylation sites is 1. The van der Waals surface area contributed by atoms with E-state index in [4.69, 9.17) is 0 Å². The van der Waals surface area contributed by atoms with Crippen LogP contribution >= 0.6 is 0 Å². The molecule has 0 aliphatic carbocycles. The zero-order chi connectivity index (χ0) is 19.8. The van der Waals surface area contributed by atoms with Gasteiger partial charge in [0.1, 0.15) is 0 Å². The first kappa shape index (κ1) is 19.4. The molecular weight excluding hydrogens is 338 g/mol. The van der Waals surface area contributed by atoms with Crippen LogP contribution in [0.15, 0.2) is 104 Å². The summed E-state index contributed by atoms with van der Waals surface area (Å²) in [6, 6.07) is 25.5. The molecule has 3 aromatic rings. The Bertz CT molecular complexity index is 994. The van der Waals surface area contributed by atoms with Crippen LogP contribution in [0, 0.1) is 0 Å². The van der Waals surface area contributed by atoms with Crippen molar-refractivity contribution in [2.75, 3.05) is 5.32 Å². The van der Waals surface area contributed by atoms with E-state index in [1.807, 2.05) is 43.4 Å². The lowest BCUT2D eigenvalue weighted by Gasteiger charge is -2.15. The molecular formula is C27H27N. The Morgan fingerprint density at radius 3 is 2.43 bits per heavy atom. The largest absolute Gasteiger partial charge is 0.355 e. The summed E-state index contributed by atoms with van der Waals surface area (Å²) >= 11 is 0. The van der Waals surface area contributed by atoms with Gasteiger partial charge in [-0.15, -0.1) is 0 Å². The molecule has 1 heteroatoms. The summed E-state index contributed by atoms with van der Waals surface area (Å²) in [7, 11) is 0. The van der Waals surface area contributed by atoms with Crippen LogP contribution in [0.1, 0.15) is 25.0 Å². The first-order chi connectivity index (χ1) is 13.7. The van der Waals surface area contributed by atoms with Gasteiger partial charge in [0.05, 0.1) is 0 Å². The molecule has 1 N–H and O–H groups in total. The minimum atomic E-state index is 0.984. The van der Waals surface area contributed by atoms with E-state index in [1.165, 1.54) is 16.7 Å². The fraction of sp³-hybridized carbons (Fsp3) is 0.111. The van der Waals surface area contributed by atoms with Gasteiger partial charge in [-0.3, -0.25) is 0 Å². The third-order valence-corrected chi connectivity index (χ3v) is 4.72. The maximum atomic E-state index is 4.23. The number of benzene rings is 3. The number of anilines is 2. The van der Waals surface area contributed by atoms with Crippen molar-refractivity contribution < 1.29 is 0 Å². The van der Waals surface area contributed by atoms with Crippen LogP contribution in [-0.4, -0.2) is 0 Å². The second kappa shape index (κ2) is 9.57. The van der Waals surface area contributed by atoms with Crippen molar-refractivity contribution in [1.29, 1.82) is 0 Å². The smallest absolute Gasteiger partial charge is 0.0463 e. The van der Waals surface area contributed by atoms with E-state index in [0.29, 0.717) is 0 Å². The van der Waals surface area contributed by atoms with Gasteiger partial charge in [0.2, 0.25) is 0 Å². The second-order valence-corrected chi connectivity index (χ2v) is 6.67. The topological polar surface area (TPSA) is 12.0 Å². The minimum absolute atomic E-state index is 0.984. The van der Waals surface area contributed by atoms with Crippen LogP contribution in [0.25, 0.3) is 16.7 Å². The van der Waals surface area contributed by atoms with Gasteiger partial charge in [-0.05, 0) is 53.8 Å². The highest BCUT2D eigenvalue weighted by Crippen LogP contribution is 2.31. The summed E-state index contributed by atoms with van der Waals surface area (Å²) < 4.78 is 0. The second-order valence-electron chi connectivity index (χ2n) is 6.67. The summed E-state index contributed by atoms with van der Waals surface area (Å²) in [4.78, 5) is 0. The van der Waals surface area contributed by atoms with Crippen LogP contribution in [0.4, 0.5) is 11.4 Å². The van der Waals surface area contributed by atoms with E-state index < -0.39 is 0 Å². The summed E-state index contributed by atoms with van der Waals surface area (Å²) in [6.07, 6.45) is 9.06. The molecule has 0 amide bonds. The van der Waals surface area contributed by atoms with Crippen molar-refractivity contribution in [3.63, 3.8) is 0 Å². The van der Waals surface area contributed by atoms with Crippen LogP contribution in [0.5, 0.6) is 0 Å². The summed E-state index contributed by atoms with van der Waals surface area (Å²) in [5.74, 6) is 0. The van der Waals surface area contributed by atoms with Crippen LogP contribution in [0.3, 0.4) is 0 Å². The quantitative estimate of drug-likeness (QED) is 0.421. The Hall–Kier alpha value is -3.32. The van der Waals surface area contributed by atoms with Crippen LogP contribution in [0.2, 0.25) is 0 Å². The summed E-state index contributed by atoms with van der Waals surface area (Å²) in [6.45, 7) is 8.43. The zero-order valence-corrected chi connectivity index (χ0v) is 16.7. The van der Waals surface area contributed by atoms with Crippen molar-refractivity contribution >= 4 is 16.9 Å². The van der Waals surface area contributed by atoms with Gasteiger partial charge < -0.3 is 5.32 Å². The third-order valence-electron chi connectivity index (χ3n) is 4.72. The standard InChI is InChI=1S/C27H27N/c1-4-6-8-13-21(3)25-16-11-12-17-27(25)28-24-18-19-26(22(5-2)20-24)23-14-9-7-10-15-23/h4,6-20,28H,3,5H2,1-2H3/b6-4-,13-8-. The fourth-order valence-corrected chi connectivity index (χ4v) is 3.26. The van der Waals surface area contributed by atoms with Gasteiger partial charge in [-0.2, -0.15) is 0 Å². The fourth-order valence-electron chi connectivity index (χ4n) is 3.26. The van der Waals surface area contributed by atoms with Crippen LogP contribution < -0.4 is 5.32 Å². The van der Waals surface area contributed by atoms with Gasteiger partial charge in [-0.25, -0.2) is 0 Å². The lowest BCUT2D eigenvalue weighted by molar-refractivity contribution is 1.14. The molecule has 0 saturated heterocycles. The van der Waals surface area contributed by atoms with Crippen LogP contribution in [-0.2, 0) is 6.42 Å². The Kier molecular flexibility index (Phi) is 6.64. The number of hydrogen-bond donors (Lipinski definition) is 1. The average Bonchev–Trinajstić information content (AvgIpc) is 2.74. The molecule has 3 rings (SSSR count). The molecule has 0 radical (unpaired) electrons. The maximum absolute atomic E-state index is 4.23. The molecule has 0 spiro atoms. The highest BCUT2D eigenvalue weighted by molar-refractivity contribution is 5.83. The Morgan fingerprint density at radius 2 is 1.68 bits per heavy atom. The minimum Gasteiger partial charge on any atom is -0.355 e. The van der Waals surface area contributed by atoms with Gasteiger partial charge in [0.25, 0.3) is 0 Å². The van der Waals surface area contributed by atoms with Crippen molar-refractivity contribution in [1.82, 2.24) is 0 Å². The molecule has 0 unspecified atom stereocenters. The van der Waals surface area contributed by atoms with E-state index in [-0.39, 0.29) is 0 Å². The van der Waals surface area contributed by atoms with Gasteiger partial charge >= 0.3 is 0 Å². The predicted molar refractivity (Wildman–Crippen MR) is 124 cm³/mol. The molecule has 0 bridgehead atoms. The van der Waals surface area contributed by atoms with E-state index >= 15 is 0 Å². The first-order valence-corrected chi connectivity index (χ1v) is 9.76. The molecule has 0 saturated carbocycles. The molecule has 0 atom stereocenters. The Labute approximate surface area is 168 Å². The molecule has 0 fully saturated rings. The van der Waals surface area contributed by atoms with E-state index in [1.54, 1.807) is 0 Å². The molecule has 0 aliphatic rings. The van der Waals surface area contributed by atoms with Crippen molar-refractivity contribution in [3.05, 3.63) is 115 Å². The number of rotatable bonds is 7. The molecule has 0 heterocycles. The SMILES string of the molecule is C=C(/C=C\C=C/C)c1ccccc1Nc1ccc(-c2ccccc2)c(CC)c1. The number of aryl methyl sites for hydroxylation is 1. The van der Waals surface area contributed by atoms with Crippen molar-refractivity contribution in [2.24, 2.45) is 0 Å². The molecule has 28 heavy (non-hydrogen) atoms. The highest BCUT2D eigenvalue weighted by Gasteiger charge is 2.08. The van der Waals surface area contributed by atoms with Gasteiger partial charge in [0.15, 0.2) is 0 Å². The number of allylic oxidation sites excluding steroid dienone is 5. The third kappa shape index (κ3) is 4.69. The molecule has 0 aromatic heterocycles.